The van der Waals surface area contributed by atoms with Crippen molar-refractivity contribution in [2.24, 2.45) is 0 Å². The first-order chi connectivity index (χ1) is 7.09. The molecule has 15 heavy (non-hydrogen) atoms. The van der Waals surface area contributed by atoms with Crippen LogP contribution in [0.3, 0.4) is 0 Å². The van der Waals surface area contributed by atoms with Crippen LogP contribution in [0.1, 0.15) is 20.3 Å². The molecule has 1 unspecified atom stereocenters. The van der Waals surface area contributed by atoms with Crippen molar-refractivity contribution in [2.45, 2.75) is 31.8 Å². The highest BCUT2D eigenvalue weighted by Gasteiger charge is 2.41. The van der Waals surface area contributed by atoms with Gasteiger partial charge in [0.1, 0.15) is 0 Å². The highest BCUT2D eigenvalue weighted by atomic mass is 16.3. The molecule has 1 heterocycles. The lowest BCUT2D eigenvalue weighted by atomic mass is 10.0. The number of carbonyl (C=O) groups excluding carboxylic acids is 1. The minimum Gasteiger partial charge on any atom is -0.394 e. The van der Waals surface area contributed by atoms with E-state index in [1.54, 1.807) is 11.8 Å². The van der Waals surface area contributed by atoms with Crippen LogP contribution in [-0.2, 0) is 4.79 Å². The molecule has 1 rings (SSSR count). The first-order valence-corrected chi connectivity index (χ1v) is 5.35. The molecule has 0 saturated carbocycles. The Morgan fingerprint density at radius 3 is 2.60 bits per heavy atom. The minimum absolute atomic E-state index is 0.0255. The van der Waals surface area contributed by atoms with Crippen LogP contribution in [0, 0.1) is 0 Å². The van der Waals surface area contributed by atoms with Crippen molar-refractivity contribution >= 4 is 5.91 Å². The van der Waals surface area contributed by atoms with Crippen LogP contribution in [-0.4, -0.2) is 58.9 Å². The Labute approximate surface area is 90.1 Å². The van der Waals surface area contributed by atoms with E-state index in [0.29, 0.717) is 6.54 Å². The molecule has 0 spiro atoms. The summed E-state index contributed by atoms with van der Waals surface area (Å²) in [6.45, 7) is 4.56. The van der Waals surface area contributed by atoms with Crippen molar-refractivity contribution in [3.8, 4) is 0 Å². The predicted octanol–water partition coefficient (Wildman–Crippen LogP) is -1.06. The van der Waals surface area contributed by atoms with Crippen molar-refractivity contribution in [1.82, 2.24) is 10.2 Å². The summed E-state index contributed by atoms with van der Waals surface area (Å²) in [5.74, 6) is -0.0255. The summed E-state index contributed by atoms with van der Waals surface area (Å²) in [5, 5.41) is 21.5. The molecule has 88 valence electrons. The second kappa shape index (κ2) is 4.92. The van der Waals surface area contributed by atoms with Crippen LogP contribution in [0.4, 0.5) is 0 Å². The molecule has 0 radical (unpaired) electrons. The number of hydrogen-bond donors (Lipinski definition) is 3. The van der Waals surface area contributed by atoms with Gasteiger partial charge >= 0.3 is 0 Å². The normalized spacial score (nSPS) is 22.5. The zero-order valence-electron chi connectivity index (χ0n) is 9.36. The van der Waals surface area contributed by atoms with Crippen molar-refractivity contribution in [1.29, 1.82) is 0 Å². The van der Waals surface area contributed by atoms with E-state index in [1.807, 2.05) is 6.92 Å². The second-order valence-electron chi connectivity index (χ2n) is 4.20. The lowest BCUT2D eigenvalue weighted by Gasteiger charge is -2.35. The van der Waals surface area contributed by atoms with E-state index in [0.717, 1.165) is 13.0 Å². The van der Waals surface area contributed by atoms with E-state index in [-0.39, 0.29) is 25.2 Å². The summed E-state index contributed by atoms with van der Waals surface area (Å²) in [5.41, 5.74) is -0.832. The fourth-order valence-corrected chi connectivity index (χ4v) is 1.87. The molecular formula is C10H20N2O3. The number of nitrogens with zero attached hydrogens (tertiary/aromatic N) is 1. The number of likely N-dealkylation sites (N-methyl/N-ethyl adjacent to an activating group) is 1. The summed E-state index contributed by atoms with van der Waals surface area (Å²) < 4.78 is 0. The van der Waals surface area contributed by atoms with E-state index < -0.39 is 5.54 Å². The Bertz CT molecular complexity index is 229. The van der Waals surface area contributed by atoms with Crippen molar-refractivity contribution < 1.29 is 15.0 Å². The maximum absolute atomic E-state index is 11.9. The van der Waals surface area contributed by atoms with Gasteiger partial charge in [-0.2, -0.15) is 0 Å². The average Bonchev–Trinajstić information content (AvgIpc) is 2.61. The smallest absolute Gasteiger partial charge is 0.240 e. The lowest BCUT2D eigenvalue weighted by Crippen LogP contribution is -2.54. The molecule has 1 amide bonds. The summed E-state index contributed by atoms with van der Waals surface area (Å²) in [6.07, 6.45) is 0.738. The summed E-state index contributed by atoms with van der Waals surface area (Å²) >= 11 is 0. The number of rotatable bonds is 5. The molecular weight excluding hydrogens is 196 g/mol. The second-order valence-corrected chi connectivity index (χ2v) is 4.20. The molecule has 1 aliphatic heterocycles. The Balaban J connectivity index is 2.70. The van der Waals surface area contributed by atoms with E-state index in [9.17, 15) is 15.0 Å². The fourth-order valence-electron chi connectivity index (χ4n) is 1.87. The van der Waals surface area contributed by atoms with Gasteiger partial charge in [0.05, 0.1) is 24.8 Å². The van der Waals surface area contributed by atoms with Crippen LogP contribution < -0.4 is 5.32 Å². The first kappa shape index (κ1) is 12.4. The Kier molecular flexibility index (Phi) is 4.07. The van der Waals surface area contributed by atoms with Gasteiger partial charge in [0, 0.05) is 6.54 Å². The summed E-state index contributed by atoms with van der Waals surface area (Å²) in [4.78, 5) is 13.5. The Hall–Kier alpha value is -0.650. The molecule has 1 atom stereocenters. The van der Waals surface area contributed by atoms with Crippen LogP contribution in [0.5, 0.6) is 0 Å². The lowest BCUT2D eigenvalue weighted by molar-refractivity contribution is -0.137. The summed E-state index contributed by atoms with van der Waals surface area (Å²) in [6, 6.07) is -0.160. The van der Waals surface area contributed by atoms with Crippen molar-refractivity contribution in [3.63, 3.8) is 0 Å². The molecule has 1 fully saturated rings. The van der Waals surface area contributed by atoms with E-state index in [1.165, 1.54) is 0 Å². The zero-order valence-corrected chi connectivity index (χ0v) is 9.36. The number of aliphatic hydroxyl groups is 2. The van der Waals surface area contributed by atoms with E-state index in [2.05, 4.69) is 5.32 Å². The molecule has 1 saturated heterocycles. The number of amides is 1. The van der Waals surface area contributed by atoms with Crippen molar-refractivity contribution in [2.75, 3.05) is 26.3 Å². The molecule has 5 heteroatoms. The van der Waals surface area contributed by atoms with Gasteiger partial charge in [-0.3, -0.25) is 4.79 Å². The van der Waals surface area contributed by atoms with Gasteiger partial charge in [-0.1, -0.05) is 6.92 Å². The quantitative estimate of drug-likeness (QED) is 0.548. The molecule has 1 aliphatic rings. The van der Waals surface area contributed by atoms with Gasteiger partial charge in [0.2, 0.25) is 5.91 Å². The fraction of sp³-hybridized carbons (Fsp3) is 0.900. The van der Waals surface area contributed by atoms with Crippen LogP contribution in [0.2, 0.25) is 0 Å². The number of aliphatic hydroxyl groups excluding tert-OH is 2. The van der Waals surface area contributed by atoms with Gasteiger partial charge < -0.3 is 20.4 Å². The molecule has 0 aromatic rings. The third-order valence-electron chi connectivity index (χ3n) is 2.99. The molecule has 0 aromatic carbocycles. The predicted molar refractivity (Wildman–Crippen MR) is 56.4 cm³/mol. The van der Waals surface area contributed by atoms with Crippen LogP contribution in [0.25, 0.3) is 0 Å². The minimum atomic E-state index is -0.832. The van der Waals surface area contributed by atoms with E-state index in [4.69, 9.17) is 0 Å². The number of carbonyl (C=O) groups is 1. The maximum atomic E-state index is 11.9. The highest BCUT2D eigenvalue weighted by molar-refractivity contribution is 5.84. The molecule has 0 bridgehead atoms. The first-order valence-electron chi connectivity index (χ1n) is 5.35. The topological polar surface area (TPSA) is 72.8 Å². The largest absolute Gasteiger partial charge is 0.394 e. The SMILES string of the molecule is CCNC1CCN(C(C)(CO)CO)C1=O. The molecule has 5 nitrogen and oxygen atoms in total. The van der Waals surface area contributed by atoms with Gasteiger partial charge in [-0.15, -0.1) is 0 Å². The highest BCUT2D eigenvalue weighted by Crippen LogP contribution is 2.22. The van der Waals surface area contributed by atoms with Gasteiger partial charge in [-0.05, 0) is 19.9 Å². The van der Waals surface area contributed by atoms with Gasteiger partial charge in [0.15, 0.2) is 0 Å². The Morgan fingerprint density at radius 1 is 1.53 bits per heavy atom. The van der Waals surface area contributed by atoms with Gasteiger partial charge in [-0.25, -0.2) is 0 Å². The Morgan fingerprint density at radius 2 is 2.13 bits per heavy atom. The number of hydrogen-bond acceptors (Lipinski definition) is 4. The third kappa shape index (κ3) is 2.30. The monoisotopic (exact) mass is 216 g/mol. The van der Waals surface area contributed by atoms with Crippen molar-refractivity contribution in [3.05, 3.63) is 0 Å². The molecule has 0 aromatic heterocycles. The van der Waals surface area contributed by atoms with Gasteiger partial charge in [0.25, 0.3) is 0 Å². The molecule has 0 aliphatic carbocycles. The summed E-state index contributed by atoms with van der Waals surface area (Å²) in [7, 11) is 0. The van der Waals surface area contributed by atoms with Crippen LogP contribution in [0.15, 0.2) is 0 Å². The average molecular weight is 216 g/mol. The van der Waals surface area contributed by atoms with Crippen LogP contribution >= 0.6 is 0 Å². The van der Waals surface area contributed by atoms with E-state index >= 15 is 0 Å². The zero-order chi connectivity index (χ0) is 11.5. The molecule has 3 N–H and O–H groups in total. The third-order valence-corrected chi connectivity index (χ3v) is 2.99. The number of likely N-dealkylation sites (tertiary alicyclic amines) is 1. The maximum Gasteiger partial charge on any atom is 0.240 e. The standard InChI is InChI=1S/C10H20N2O3/c1-3-11-8-4-5-12(9(8)15)10(2,6-13)7-14/h8,11,13-14H,3-7H2,1-2H3. The number of nitrogens with one attached hydrogen (secondary N) is 1.